The number of piperidine rings is 1. The number of aromatic nitrogens is 6. The Labute approximate surface area is 372 Å². The molecule has 0 spiro atoms. The number of fused-ring (bicyclic) bond motifs is 1. The Balaban J connectivity index is 0.000000188. The third-order valence-electron chi connectivity index (χ3n) is 10.9. The number of nitrogens with zero attached hydrogens (tertiary/aromatic N) is 8. The summed E-state index contributed by atoms with van der Waals surface area (Å²) in [5, 5.41) is 39.8. The third-order valence-corrected chi connectivity index (χ3v) is 12.1. The molecule has 0 bridgehead atoms. The lowest BCUT2D eigenvalue weighted by atomic mass is 9.71. The van der Waals surface area contributed by atoms with E-state index in [0.717, 1.165) is 48.1 Å². The number of carboxylic acids is 1. The minimum atomic E-state index is -1.19. The van der Waals surface area contributed by atoms with Crippen LogP contribution < -0.4 is 5.73 Å². The van der Waals surface area contributed by atoms with Gasteiger partial charge in [0.15, 0.2) is 10.7 Å². The number of hydrogen-bond donors (Lipinski definition) is 4. The van der Waals surface area contributed by atoms with Gasteiger partial charge >= 0.3 is 17.8 Å². The third kappa shape index (κ3) is 10.3. The first-order chi connectivity index (χ1) is 30.9. The predicted molar refractivity (Wildman–Crippen MR) is 239 cm³/mol. The molecule has 7 aromatic rings. The number of nitrogens with two attached hydrogens (primary N) is 1. The number of aromatic hydroxyl groups is 1. The van der Waals surface area contributed by atoms with E-state index in [1.165, 1.54) is 37.2 Å². The Morgan fingerprint density at radius 3 is 2.16 bits per heavy atom. The number of imidazole rings is 2. The smallest absolute Gasteiger partial charge is 0.396 e. The van der Waals surface area contributed by atoms with E-state index in [1.54, 1.807) is 11.6 Å². The summed E-state index contributed by atoms with van der Waals surface area (Å²) in [6, 6.07) is 36.8. The van der Waals surface area contributed by atoms with Crippen molar-refractivity contribution < 1.29 is 29.5 Å². The number of rotatable bonds is 12. The number of H-pyrrole nitrogens is 1. The number of aromatic carboxylic acids is 1. The van der Waals surface area contributed by atoms with Crippen molar-refractivity contribution in [2.75, 3.05) is 32.0 Å². The van der Waals surface area contributed by atoms with E-state index in [-0.39, 0.29) is 23.1 Å². The Hall–Kier alpha value is -7.62. The van der Waals surface area contributed by atoms with E-state index >= 15 is 0 Å². The molecule has 0 radical (unpaired) electrons. The highest BCUT2D eigenvalue weighted by Crippen LogP contribution is 2.40. The molecule has 4 heterocycles. The Bertz CT molecular complexity index is 2680. The van der Waals surface area contributed by atoms with E-state index in [4.69, 9.17) is 20.7 Å². The molecule has 1 aliphatic heterocycles. The molecule has 0 unspecified atom stereocenters. The average molecular weight is 883 g/mol. The van der Waals surface area contributed by atoms with Gasteiger partial charge in [0.1, 0.15) is 33.6 Å². The summed E-state index contributed by atoms with van der Waals surface area (Å²) in [6.07, 6.45) is 6.38. The number of likely N-dealkylation sites (tertiary alicyclic amines) is 1. The summed E-state index contributed by atoms with van der Waals surface area (Å²) in [5.41, 5.74) is 8.36. The number of phenols is 1. The highest BCUT2D eigenvalue weighted by Gasteiger charge is 2.45. The normalized spacial score (nSPS) is 13.3. The first-order valence-corrected chi connectivity index (χ1v) is 21.0. The van der Waals surface area contributed by atoms with Crippen molar-refractivity contribution in [3.05, 3.63) is 161 Å². The van der Waals surface area contributed by atoms with Gasteiger partial charge in [-0.15, -0.1) is 0 Å². The molecule has 17 nitrogen and oxygen atoms in total. The number of esters is 1. The SMILES string of the molecule is CCOC(=O)C1(c2ccccc2)CCN(CCC(C#N)(c2ccccc2)c2ccccc2)CC1.Cn1cnc([N+](=O)[O-])c1Sc1ncnc2nc[nH]c12.Nc1ccc(O)c(C(=O)O)c1. The van der Waals surface area contributed by atoms with Crippen LogP contribution in [0.5, 0.6) is 5.75 Å². The number of nitriles is 1. The van der Waals surface area contributed by atoms with Gasteiger partial charge in [-0.3, -0.25) is 4.79 Å². The van der Waals surface area contributed by atoms with Crippen molar-refractivity contribution in [1.29, 1.82) is 5.26 Å². The number of carboxylic acid groups (broad SMARTS) is 1. The number of nitro groups is 1. The van der Waals surface area contributed by atoms with Crippen LogP contribution in [0.1, 0.15) is 53.2 Å². The standard InChI is InChI=1S/C30H32N2O2.C9H7N7O2S.C7H7NO3/c1-2-34-28(33)29(25-12-6-3-7-13-25)18-21-32(22-19-29)23-20-30(24-31,26-14-8-4-9-15-26)27-16-10-5-11-17-27;1-15-4-14-7(16(17)18)9(15)19-8-5-6(11-2-10-5)12-3-13-8;8-4-1-2-6(9)5(3-4)7(10)11/h3-17H,2,18-23H2,1H3;2-4H,1H3,(H,10,11,12,13);1-3,9H,8H2,(H,10,11). The monoisotopic (exact) mass is 882 g/mol. The van der Waals surface area contributed by atoms with Crippen molar-refractivity contribution in [2.45, 2.75) is 47.1 Å². The van der Waals surface area contributed by atoms with Crippen LogP contribution in [-0.4, -0.2) is 87.7 Å². The van der Waals surface area contributed by atoms with Crippen LogP contribution >= 0.6 is 11.8 Å². The van der Waals surface area contributed by atoms with E-state index < -0.39 is 21.7 Å². The van der Waals surface area contributed by atoms with Gasteiger partial charge in [0.2, 0.25) is 6.33 Å². The summed E-state index contributed by atoms with van der Waals surface area (Å²) < 4.78 is 7.10. The van der Waals surface area contributed by atoms with Crippen LogP contribution in [-0.2, 0) is 27.4 Å². The molecule has 18 heteroatoms. The summed E-state index contributed by atoms with van der Waals surface area (Å²) >= 11 is 1.15. The molecule has 3 aromatic heterocycles. The molecule has 5 N–H and O–H groups in total. The number of carbonyl (C=O) groups excluding carboxylic acids is 1. The highest BCUT2D eigenvalue weighted by atomic mass is 32.2. The van der Waals surface area contributed by atoms with Crippen molar-refractivity contribution in [3.63, 3.8) is 0 Å². The van der Waals surface area contributed by atoms with Gasteiger partial charge in [-0.2, -0.15) is 5.26 Å². The molecule has 0 aliphatic carbocycles. The Kier molecular flexibility index (Phi) is 15.0. The number of anilines is 1. The lowest BCUT2D eigenvalue weighted by Gasteiger charge is -2.41. The predicted octanol–water partition coefficient (Wildman–Crippen LogP) is 7.30. The molecule has 64 heavy (non-hydrogen) atoms. The maximum atomic E-state index is 13.1. The minimum Gasteiger partial charge on any atom is -0.507 e. The van der Waals surface area contributed by atoms with E-state index in [2.05, 4.69) is 35.9 Å². The number of carbonyl (C=O) groups is 2. The van der Waals surface area contributed by atoms with Gasteiger partial charge in [-0.1, -0.05) is 91.0 Å². The average Bonchev–Trinajstić information content (AvgIpc) is 3.96. The van der Waals surface area contributed by atoms with Crippen LogP contribution in [0.15, 0.2) is 138 Å². The molecule has 4 aromatic carbocycles. The fourth-order valence-corrected chi connectivity index (χ4v) is 8.44. The van der Waals surface area contributed by atoms with Crippen LogP contribution in [0, 0.1) is 21.4 Å². The van der Waals surface area contributed by atoms with Gasteiger partial charge < -0.3 is 45.2 Å². The number of ether oxygens (including phenoxy) is 1. The van der Waals surface area contributed by atoms with Gasteiger partial charge in [0.05, 0.1) is 24.4 Å². The summed E-state index contributed by atoms with van der Waals surface area (Å²) in [7, 11) is 1.69. The van der Waals surface area contributed by atoms with Crippen molar-refractivity contribution in [2.24, 2.45) is 7.05 Å². The van der Waals surface area contributed by atoms with Gasteiger partial charge in [0, 0.05) is 19.3 Å². The molecule has 1 saturated heterocycles. The van der Waals surface area contributed by atoms with Crippen molar-refractivity contribution in [3.8, 4) is 11.8 Å². The Morgan fingerprint density at radius 1 is 0.969 bits per heavy atom. The highest BCUT2D eigenvalue weighted by molar-refractivity contribution is 7.99. The zero-order valence-corrected chi connectivity index (χ0v) is 35.9. The second-order valence-corrected chi connectivity index (χ2v) is 15.7. The number of nitrogens with one attached hydrogen (secondary N) is 1. The lowest BCUT2D eigenvalue weighted by molar-refractivity contribution is -0.392. The first kappa shape index (κ1) is 45.9. The van der Waals surface area contributed by atoms with Gasteiger partial charge in [-0.25, -0.2) is 19.7 Å². The van der Waals surface area contributed by atoms with E-state index in [0.29, 0.717) is 52.8 Å². The molecule has 0 saturated carbocycles. The maximum absolute atomic E-state index is 13.1. The molecule has 0 atom stereocenters. The Morgan fingerprint density at radius 2 is 1.59 bits per heavy atom. The van der Waals surface area contributed by atoms with Gasteiger partial charge in [0.25, 0.3) is 0 Å². The summed E-state index contributed by atoms with van der Waals surface area (Å²) in [5.74, 6) is -1.78. The second-order valence-electron chi connectivity index (χ2n) is 14.7. The van der Waals surface area contributed by atoms with Crippen LogP contribution in [0.25, 0.3) is 11.2 Å². The summed E-state index contributed by atoms with van der Waals surface area (Å²) in [4.78, 5) is 55.0. The van der Waals surface area contributed by atoms with E-state index in [1.807, 2.05) is 97.9 Å². The number of nitrogen functional groups attached to an aromatic ring is 1. The van der Waals surface area contributed by atoms with Crippen LogP contribution in [0.2, 0.25) is 0 Å². The zero-order valence-electron chi connectivity index (χ0n) is 35.1. The number of benzene rings is 4. The number of aromatic amines is 1. The molecular weight excluding hydrogens is 837 g/mol. The van der Waals surface area contributed by atoms with Crippen molar-refractivity contribution >= 4 is 46.4 Å². The maximum Gasteiger partial charge on any atom is 0.396 e. The van der Waals surface area contributed by atoms with Crippen molar-refractivity contribution in [1.82, 2.24) is 34.4 Å². The molecule has 0 amide bonds. The number of aryl methyl sites for hydroxylation is 1. The van der Waals surface area contributed by atoms with E-state index in [9.17, 15) is 25.0 Å². The second kappa shape index (κ2) is 21.0. The largest absolute Gasteiger partial charge is 0.507 e. The molecule has 328 valence electrons. The minimum absolute atomic E-state index is 0.124. The zero-order chi connectivity index (χ0) is 45.7. The molecule has 1 aliphatic rings. The molecule has 8 rings (SSSR count). The summed E-state index contributed by atoms with van der Waals surface area (Å²) in [6.45, 7) is 4.61. The fraction of sp³-hybridized carbons (Fsp3) is 0.239. The topological polar surface area (TPSA) is 252 Å². The molecular formula is C46H46N10O7S. The van der Waals surface area contributed by atoms with Gasteiger partial charge in [-0.05, 0) is 95.8 Å². The van der Waals surface area contributed by atoms with Crippen LogP contribution in [0.4, 0.5) is 11.5 Å². The molecule has 1 fully saturated rings. The quantitative estimate of drug-likeness (QED) is 0.0235. The van der Waals surface area contributed by atoms with Crippen LogP contribution in [0.3, 0.4) is 0 Å². The lowest BCUT2D eigenvalue weighted by Crippen LogP contribution is -2.49. The fourth-order valence-electron chi connectivity index (χ4n) is 7.49. The first-order valence-electron chi connectivity index (χ1n) is 20.2. The number of hydrogen-bond acceptors (Lipinski definition) is 14.